The molecular weight excluding hydrogens is 367 g/mol. The van der Waals surface area contributed by atoms with Gasteiger partial charge in [0.2, 0.25) is 0 Å². The van der Waals surface area contributed by atoms with Crippen LogP contribution in [-0.2, 0) is 4.79 Å². The lowest BCUT2D eigenvalue weighted by Gasteiger charge is -2.51. The summed E-state index contributed by atoms with van der Waals surface area (Å²) in [5.74, 6) is -7.22. The maximum absolute atomic E-state index is 14.2. The Bertz CT molecular complexity index is 735. The Kier molecular flexibility index (Phi) is 4.16. The highest BCUT2D eigenvalue weighted by Crippen LogP contribution is 2.66. The highest BCUT2D eigenvalue weighted by atomic mass is 19.4. The number of aliphatic hydroxyl groups excluding tert-OH is 1. The van der Waals surface area contributed by atoms with Crippen LogP contribution in [0.3, 0.4) is 0 Å². The quantitative estimate of drug-likeness (QED) is 0.642. The third-order valence-electron chi connectivity index (χ3n) is 7.57. The lowest BCUT2D eigenvalue weighted by molar-refractivity contribution is -0.315. The van der Waals surface area contributed by atoms with Gasteiger partial charge in [-0.05, 0) is 67.1 Å². The van der Waals surface area contributed by atoms with E-state index in [1.807, 2.05) is 0 Å². The third kappa shape index (κ3) is 2.64. The fourth-order valence-electron chi connectivity index (χ4n) is 6.34. The predicted molar refractivity (Wildman–Crippen MR) is 88.0 cm³/mol. The summed E-state index contributed by atoms with van der Waals surface area (Å²) in [4.78, 5) is 11.7. The zero-order valence-electron chi connectivity index (χ0n) is 15.1. The van der Waals surface area contributed by atoms with E-state index in [2.05, 4.69) is 0 Å². The fourth-order valence-corrected chi connectivity index (χ4v) is 6.34. The van der Waals surface area contributed by atoms with Crippen LogP contribution < -0.4 is 0 Å². The molecule has 0 amide bonds. The van der Waals surface area contributed by atoms with E-state index < -0.39 is 29.5 Å². The van der Waals surface area contributed by atoms with E-state index in [-0.39, 0.29) is 43.3 Å². The minimum absolute atomic E-state index is 0.0198. The van der Waals surface area contributed by atoms with Crippen molar-refractivity contribution < 1.29 is 31.9 Å². The zero-order chi connectivity index (χ0) is 19.8. The van der Waals surface area contributed by atoms with Gasteiger partial charge >= 0.3 is 12.1 Å². The monoisotopic (exact) mass is 390 g/mol. The van der Waals surface area contributed by atoms with Crippen LogP contribution in [0.1, 0.15) is 51.9 Å². The van der Waals surface area contributed by atoms with Gasteiger partial charge in [0.15, 0.2) is 5.78 Å². The molecule has 5 atom stereocenters. The molecule has 4 rings (SSSR count). The summed E-state index contributed by atoms with van der Waals surface area (Å²) in [6, 6.07) is 0. The Morgan fingerprint density at radius 3 is 2.48 bits per heavy atom. The summed E-state index contributed by atoms with van der Waals surface area (Å²) in [5.41, 5.74) is 1.70. The van der Waals surface area contributed by atoms with Crippen LogP contribution in [0.2, 0.25) is 0 Å². The Morgan fingerprint density at radius 1 is 1.11 bits per heavy atom. The lowest BCUT2D eigenvalue weighted by atomic mass is 9.54. The standard InChI is InChI=1S/C20H23F5O2/c1-18-7-6-13-12-3-2-11(26)8-10(12)9-15(27)17(13)14(18)4-5-16(18)19(21,22)20(23,24)25/h8,14-17,27H,2-7,9H2,1H3/t14-,15?,16?,17+,18-/m0/s1. The first-order chi connectivity index (χ1) is 12.5. The molecule has 0 aromatic heterocycles. The molecule has 7 heteroatoms. The van der Waals surface area contributed by atoms with Gasteiger partial charge in [-0.2, -0.15) is 22.0 Å². The molecule has 0 aromatic carbocycles. The van der Waals surface area contributed by atoms with Gasteiger partial charge in [0.05, 0.1) is 6.10 Å². The zero-order valence-corrected chi connectivity index (χ0v) is 15.1. The molecule has 0 heterocycles. The van der Waals surface area contributed by atoms with Crippen molar-refractivity contribution in [2.24, 2.45) is 23.2 Å². The van der Waals surface area contributed by atoms with Crippen LogP contribution in [0.25, 0.3) is 0 Å². The summed E-state index contributed by atoms with van der Waals surface area (Å²) >= 11 is 0. The van der Waals surface area contributed by atoms with E-state index in [4.69, 9.17) is 0 Å². The first-order valence-corrected chi connectivity index (χ1v) is 9.55. The lowest BCUT2D eigenvalue weighted by Crippen LogP contribution is -2.52. The number of hydrogen-bond acceptors (Lipinski definition) is 2. The van der Waals surface area contributed by atoms with Crippen molar-refractivity contribution in [3.63, 3.8) is 0 Å². The van der Waals surface area contributed by atoms with Gasteiger partial charge in [-0.1, -0.05) is 12.5 Å². The highest BCUT2D eigenvalue weighted by molar-refractivity contribution is 5.93. The molecular formula is C20H23F5O2. The predicted octanol–water partition coefficient (Wildman–Crippen LogP) is 4.98. The normalized spacial score (nSPS) is 39.7. The molecule has 2 unspecified atom stereocenters. The average molecular weight is 390 g/mol. The van der Waals surface area contributed by atoms with E-state index in [0.29, 0.717) is 19.3 Å². The van der Waals surface area contributed by atoms with Gasteiger partial charge in [-0.3, -0.25) is 4.79 Å². The van der Waals surface area contributed by atoms with Crippen LogP contribution >= 0.6 is 0 Å². The maximum atomic E-state index is 14.2. The van der Waals surface area contributed by atoms with Gasteiger partial charge < -0.3 is 5.11 Å². The molecule has 2 nitrogen and oxygen atoms in total. The number of ketones is 1. The van der Waals surface area contributed by atoms with E-state index in [1.165, 1.54) is 0 Å². The SMILES string of the molecule is C[C@]12CCC3=C4CCC(=O)C=C4CC(O)[C@H]3[C@@H]1CCC2C(F)(F)C(F)(F)F. The minimum atomic E-state index is -5.56. The van der Waals surface area contributed by atoms with Crippen molar-refractivity contribution in [2.75, 3.05) is 0 Å². The van der Waals surface area contributed by atoms with E-state index in [0.717, 1.165) is 16.7 Å². The number of allylic oxidation sites excluding steroid dienone is 2. The summed E-state index contributed by atoms with van der Waals surface area (Å²) in [6.07, 6.45) is -2.81. The van der Waals surface area contributed by atoms with Gasteiger partial charge in [0.1, 0.15) is 0 Å². The summed E-state index contributed by atoms with van der Waals surface area (Å²) in [6.45, 7) is 1.55. The molecule has 2 saturated carbocycles. The molecule has 0 aromatic rings. The van der Waals surface area contributed by atoms with Crippen LogP contribution in [0.4, 0.5) is 22.0 Å². The second-order valence-electron chi connectivity index (χ2n) is 8.80. The van der Waals surface area contributed by atoms with Crippen molar-refractivity contribution in [1.29, 1.82) is 0 Å². The Hall–Kier alpha value is -1.24. The van der Waals surface area contributed by atoms with Crippen molar-refractivity contribution in [3.8, 4) is 0 Å². The highest BCUT2D eigenvalue weighted by Gasteiger charge is 2.70. The summed E-state index contributed by atoms with van der Waals surface area (Å²) in [7, 11) is 0. The number of fused-ring (bicyclic) bond motifs is 4. The largest absolute Gasteiger partial charge is 0.453 e. The molecule has 150 valence electrons. The minimum Gasteiger partial charge on any atom is -0.392 e. The van der Waals surface area contributed by atoms with Crippen LogP contribution in [0, 0.1) is 23.2 Å². The Labute approximate surface area is 154 Å². The number of aliphatic hydroxyl groups is 1. The second-order valence-corrected chi connectivity index (χ2v) is 8.80. The smallest absolute Gasteiger partial charge is 0.392 e. The second kappa shape index (κ2) is 5.88. The molecule has 4 aliphatic rings. The summed E-state index contributed by atoms with van der Waals surface area (Å²) < 4.78 is 67.6. The van der Waals surface area contributed by atoms with Crippen molar-refractivity contribution in [3.05, 3.63) is 22.8 Å². The third-order valence-corrected chi connectivity index (χ3v) is 7.57. The molecule has 0 radical (unpaired) electrons. The van der Waals surface area contributed by atoms with Gasteiger partial charge in [-0.15, -0.1) is 0 Å². The maximum Gasteiger partial charge on any atom is 0.453 e. The van der Waals surface area contributed by atoms with Gasteiger partial charge in [0.25, 0.3) is 0 Å². The molecule has 27 heavy (non-hydrogen) atoms. The Balaban J connectivity index is 1.73. The van der Waals surface area contributed by atoms with E-state index in [9.17, 15) is 31.9 Å². The molecule has 0 aliphatic heterocycles. The van der Waals surface area contributed by atoms with Crippen LogP contribution in [0.15, 0.2) is 22.8 Å². The topological polar surface area (TPSA) is 37.3 Å². The molecule has 4 aliphatic carbocycles. The van der Waals surface area contributed by atoms with E-state index >= 15 is 0 Å². The number of hydrogen-bond donors (Lipinski definition) is 1. The first-order valence-electron chi connectivity index (χ1n) is 9.55. The van der Waals surface area contributed by atoms with Crippen molar-refractivity contribution in [1.82, 2.24) is 0 Å². The first kappa shape index (κ1) is 19.1. The Morgan fingerprint density at radius 2 is 1.81 bits per heavy atom. The molecule has 2 fully saturated rings. The number of rotatable bonds is 1. The number of carbonyl (C=O) groups is 1. The van der Waals surface area contributed by atoms with Gasteiger partial charge in [-0.25, -0.2) is 0 Å². The number of halogens is 5. The van der Waals surface area contributed by atoms with Crippen LogP contribution in [-0.4, -0.2) is 29.1 Å². The van der Waals surface area contributed by atoms with Gasteiger partial charge in [0, 0.05) is 18.3 Å². The van der Waals surface area contributed by atoms with Crippen molar-refractivity contribution >= 4 is 5.78 Å². The summed E-state index contributed by atoms with van der Waals surface area (Å²) in [5, 5.41) is 10.7. The fraction of sp³-hybridized carbons (Fsp3) is 0.750. The van der Waals surface area contributed by atoms with Crippen LogP contribution in [0.5, 0.6) is 0 Å². The molecule has 0 saturated heterocycles. The molecule has 0 spiro atoms. The molecule has 0 bridgehead atoms. The van der Waals surface area contributed by atoms with Crippen molar-refractivity contribution in [2.45, 2.75) is 70.1 Å². The number of carbonyl (C=O) groups excluding carboxylic acids is 1. The van der Waals surface area contributed by atoms with E-state index in [1.54, 1.807) is 13.0 Å². The molecule has 1 N–H and O–H groups in total. The number of alkyl halides is 5. The average Bonchev–Trinajstić information content (AvgIpc) is 2.91.